The summed E-state index contributed by atoms with van der Waals surface area (Å²) in [7, 11) is 0. The van der Waals surface area contributed by atoms with E-state index < -0.39 is 0 Å². The maximum atomic E-state index is 5.54. The number of imidazole rings is 1. The first kappa shape index (κ1) is 7.67. The van der Waals surface area contributed by atoms with E-state index in [4.69, 9.17) is 5.73 Å². The van der Waals surface area contributed by atoms with Crippen LogP contribution in [0.1, 0.15) is 0 Å². The van der Waals surface area contributed by atoms with Crippen molar-refractivity contribution >= 4 is 16.9 Å². The molecule has 5 heteroatoms. The molecule has 0 spiro atoms. The zero-order chi connectivity index (χ0) is 8.39. The minimum absolute atomic E-state index is 0.323. The highest BCUT2D eigenvalue weighted by molar-refractivity contribution is 8.14. The molecule has 2 rings (SSSR count). The second-order valence-corrected chi connectivity index (χ2v) is 3.73. The van der Waals surface area contributed by atoms with Gasteiger partial charge in [-0.1, -0.05) is 11.8 Å². The second kappa shape index (κ2) is 3.18. The molecular weight excluding hydrogens is 172 g/mol. The van der Waals surface area contributed by atoms with E-state index in [1.807, 2.05) is 10.8 Å². The summed E-state index contributed by atoms with van der Waals surface area (Å²) in [5.74, 6) is 0.990. The van der Waals surface area contributed by atoms with Crippen LogP contribution in [0, 0.1) is 0 Å². The lowest BCUT2D eigenvalue weighted by atomic mass is 10.3. The van der Waals surface area contributed by atoms with Crippen LogP contribution >= 0.6 is 11.8 Å². The molecule has 1 aromatic rings. The van der Waals surface area contributed by atoms with Crippen molar-refractivity contribution in [3.8, 4) is 0 Å². The Hall–Kier alpha value is -0.970. The second-order valence-electron chi connectivity index (χ2n) is 2.69. The predicted molar refractivity (Wildman–Crippen MR) is 50.1 cm³/mol. The first-order chi connectivity index (χ1) is 5.84. The molecule has 2 N–H and O–H groups in total. The third-order valence-electron chi connectivity index (χ3n) is 1.71. The summed E-state index contributed by atoms with van der Waals surface area (Å²) in [6.45, 7) is 0.883. The third kappa shape index (κ3) is 1.61. The van der Waals surface area contributed by atoms with Crippen LogP contribution in [0.25, 0.3) is 0 Å². The van der Waals surface area contributed by atoms with Crippen LogP contribution < -0.4 is 5.73 Å². The van der Waals surface area contributed by atoms with E-state index in [0.29, 0.717) is 11.2 Å². The zero-order valence-corrected chi connectivity index (χ0v) is 7.37. The molecule has 0 amide bonds. The normalized spacial score (nSPS) is 22.7. The summed E-state index contributed by atoms with van der Waals surface area (Å²) in [4.78, 5) is 8.23. The fourth-order valence-corrected chi connectivity index (χ4v) is 1.93. The van der Waals surface area contributed by atoms with E-state index in [0.717, 1.165) is 12.3 Å². The lowest BCUT2D eigenvalue weighted by Gasteiger charge is -2.04. The Balaban J connectivity index is 1.97. The summed E-state index contributed by atoms with van der Waals surface area (Å²) < 4.78 is 2.02. The van der Waals surface area contributed by atoms with Crippen LogP contribution in [0.15, 0.2) is 23.7 Å². The van der Waals surface area contributed by atoms with Gasteiger partial charge in [0.05, 0.1) is 12.4 Å². The molecule has 4 nitrogen and oxygen atoms in total. The molecule has 0 unspecified atom stereocenters. The van der Waals surface area contributed by atoms with Crippen LogP contribution in [-0.4, -0.2) is 26.5 Å². The Morgan fingerprint density at radius 1 is 1.75 bits per heavy atom. The van der Waals surface area contributed by atoms with Crippen LogP contribution in [0.4, 0.5) is 0 Å². The number of nitrogens with zero attached hydrogens (tertiary/aromatic N) is 3. The van der Waals surface area contributed by atoms with Crippen LogP contribution in [-0.2, 0) is 6.54 Å². The largest absolute Gasteiger partial charge is 0.379 e. The Bertz CT molecular complexity index is 280. The highest BCUT2D eigenvalue weighted by atomic mass is 32.2. The smallest absolute Gasteiger partial charge is 0.154 e. The highest BCUT2D eigenvalue weighted by Crippen LogP contribution is 2.15. The van der Waals surface area contributed by atoms with Gasteiger partial charge in [-0.15, -0.1) is 0 Å². The molecule has 0 aliphatic carbocycles. The van der Waals surface area contributed by atoms with Gasteiger partial charge in [-0.2, -0.15) is 0 Å². The van der Waals surface area contributed by atoms with Crippen LogP contribution in [0.5, 0.6) is 0 Å². The molecule has 1 aliphatic heterocycles. The van der Waals surface area contributed by atoms with Gasteiger partial charge in [-0.05, 0) is 0 Å². The molecule has 0 aromatic carbocycles. The molecule has 0 saturated carbocycles. The highest BCUT2D eigenvalue weighted by Gasteiger charge is 2.15. The summed E-state index contributed by atoms with van der Waals surface area (Å²) in [5.41, 5.74) is 5.54. The van der Waals surface area contributed by atoms with E-state index in [9.17, 15) is 0 Å². The molecule has 2 heterocycles. The van der Waals surface area contributed by atoms with Gasteiger partial charge in [-0.25, -0.2) is 4.98 Å². The Labute approximate surface area is 74.9 Å². The number of aromatic nitrogens is 2. The number of thioether (sulfide) groups is 1. The Morgan fingerprint density at radius 2 is 2.67 bits per heavy atom. The molecule has 12 heavy (non-hydrogen) atoms. The predicted octanol–water partition coefficient (Wildman–Crippen LogP) is 0.313. The van der Waals surface area contributed by atoms with E-state index in [-0.39, 0.29) is 0 Å². The molecule has 0 radical (unpaired) electrons. The van der Waals surface area contributed by atoms with Crippen molar-refractivity contribution in [1.29, 1.82) is 0 Å². The topological polar surface area (TPSA) is 56.2 Å². The van der Waals surface area contributed by atoms with E-state index in [1.165, 1.54) is 0 Å². The van der Waals surface area contributed by atoms with Crippen molar-refractivity contribution in [2.45, 2.75) is 12.6 Å². The van der Waals surface area contributed by atoms with Crippen molar-refractivity contribution in [3.63, 3.8) is 0 Å². The Morgan fingerprint density at radius 3 is 3.25 bits per heavy atom. The number of hydrogen-bond acceptors (Lipinski definition) is 4. The molecule has 64 valence electrons. The van der Waals surface area contributed by atoms with Gasteiger partial charge in [0, 0.05) is 24.7 Å². The standard InChI is InChI=1S/C7H10N4S/c8-7-10-6(4-12-7)3-11-2-1-9-5-11/h1-2,5-6H,3-4H2,(H2,8,10)/t6-/m0/s1. The van der Waals surface area contributed by atoms with E-state index in [1.54, 1.807) is 24.3 Å². The summed E-state index contributed by atoms with van der Waals surface area (Å²) in [6.07, 6.45) is 5.51. The van der Waals surface area contributed by atoms with Gasteiger partial charge < -0.3 is 10.3 Å². The molecule has 1 aromatic heterocycles. The zero-order valence-electron chi connectivity index (χ0n) is 6.55. The minimum atomic E-state index is 0.323. The molecule has 0 fully saturated rings. The van der Waals surface area contributed by atoms with Crippen LogP contribution in [0.2, 0.25) is 0 Å². The third-order valence-corrected chi connectivity index (χ3v) is 2.67. The van der Waals surface area contributed by atoms with E-state index in [2.05, 4.69) is 9.98 Å². The molecule has 0 saturated heterocycles. The van der Waals surface area contributed by atoms with Gasteiger partial charge in [0.15, 0.2) is 5.17 Å². The first-order valence-corrected chi connectivity index (χ1v) is 4.75. The average molecular weight is 182 g/mol. The minimum Gasteiger partial charge on any atom is -0.379 e. The maximum Gasteiger partial charge on any atom is 0.154 e. The summed E-state index contributed by atoms with van der Waals surface area (Å²) >= 11 is 1.62. The number of hydrogen-bond donors (Lipinski definition) is 1. The van der Waals surface area contributed by atoms with Crippen LogP contribution in [0.3, 0.4) is 0 Å². The lowest BCUT2D eigenvalue weighted by molar-refractivity contribution is 0.603. The van der Waals surface area contributed by atoms with Crippen molar-refractivity contribution in [3.05, 3.63) is 18.7 Å². The van der Waals surface area contributed by atoms with Gasteiger partial charge in [0.2, 0.25) is 0 Å². The first-order valence-electron chi connectivity index (χ1n) is 3.76. The quantitative estimate of drug-likeness (QED) is 0.716. The van der Waals surface area contributed by atoms with Crippen molar-refractivity contribution < 1.29 is 0 Å². The maximum absolute atomic E-state index is 5.54. The molecule has 0 bridgehead atoms. The van der Waals surface area contributed by atoms with Gasteiger partial charge in [-0.3, -0.25) is 4.99 Å². The van der Waals surface area contributed by atoms with Crippen molar-refractivity contribution in [1.82, 2.24) is 9.55 Å². The number of rotatable bonds is 2. The number of nitrogens with two attached hydrogens (primary N) is 1. The monoisotopic (exact) mass is 182 g/mol. The lowest BCUT2D eigenvalue weighted by Crippen LogP contribution is -2.13. The fraction of sp³-hybridized carbons (Fsp3) is 0.429. The molecular formula is C7H10N4S. The SMILES string of the molecule is NC1=N[C@@H](Cn2ccnc2)CS1. The van der Waals surface area contributed by atoms with Crippen molar-refractivity contribution in [2.75, 3.05) is 5.75 Å². The fourth-order valence-electron chi connectivity index (χ4n) is 1.17. The molecule has 1 aliphatic rings. The number of amidine groups is 1. The summed E-state index contributed by atoms with van der Waals surface area (Å²) in [5, 5.41) is 0.708. The van der Waals surface area contributed by atoms with Crippen molar-refractivity contribution in [2.24, 2.45) is 10.7 Å². The van der Waals surface area contributed by atoms with E-state index >= 15 is 0 Å². The van der Waals surface area contributed by atoms with Gasteiger partial charge in [0.25, 0.3) is 0 Å². The summed E-state index contributed by atoms with van der Waals surface area (Å²) in [6, 6.07) is 0.323. The van der Waals surface area contributed by atoms with Gasteiger partial charge >= 0.3 is 0 Å². The molecule has 1 atom stereocenters. The average Bonchev–Trinajstić information content (AvgIpc) is 2.63. The number of aliphatic imine (C=N–C) groups is 1. The van der Waals surface area contributed by atoms with Gasteiger partial charge in [0.1, 0.15) is 0 Å². The Kier molecular flexibility index (Phi) is 2.03.